The minimum absolute atomic E-state index is 0.0343. The molecule has 0 spiro atoms. The molecule has 0 saturated carbocycles. The second-order valence-corrected chi connectivity index (χ2v) is 7.85. The third kappa shape index (κ3) is 4.80. The molecule has 0 aliphatic heterocycles. The van der Waals surface area contributed by atoms with Crippen LogP contribution in [0, 0.1) is 6.92 Å². The molecule has 0 unspecified atom stereocenters. The predicted molar refractivity (Wildman–Crippen MR) is 120 cm³/mol. The minimum atomic E-state index is -4.49. The Morgan fingerprint density at radius 2 is 1.82 bits per heavy atom. The topological polar surface area (TPSA) is 97.9 Å². The van der Waals surface area contributed by atoms with Crippen molar-refractivity contribution in [3.05, 3.63) is 89.3 Å². The molecular formula is C24H21F3N6O. The number of hydrogen-bond acceptors (Lipinski definition) is 6. The maximum absolute atomic E-state index is 13.6. The summed E-state index contributed by atoms with van der Waals surface area (Å²) in [4.78, 5) is 31.8. The summed E-state index contributed by atoms with van der Waals surface area (Å²) in [6.07, 6.45) is -0.608. The standard InChI is InChI=1S/C24H21F3N6O/c1-14-10-17-11-16(4-7-20(17)32-21(14)28)23(34)33(15(2)22-29-8-3-9-30-22)13-19-6-5-18(12-31-19)24(25,26)27/h3-12,15H,13H2,1-2H3,(H2,28,32)/t15-/m1/s1. The molecule has 0 aliphatic carbocycles. The lowest BCUT2D eigenvalue weighted by Gasteiger charge is -2.28. The number of carbonyl (C=O) groups is 1. The number of fused-ring (bicyclic) bond motifs is 1. The van der Waals surface area contributed by atoms with Crippen molar-refractivity contribution in [1.29, 1.82) is 0 Å². The Hall–Kier alpha value is -4.08. The van der Waals surface area contributed by atoms with Crippen LogP contribution in [0.1, 0.15) is 46.0 Å². The molecule has 0 saturated heterocycles. The normalized spacial score (nSPS) is 12.5. The number of benzene rings is 1. The summed E-state index contributed by atoms with van der Waals surface area (Å²) >= 11 is 0. The summed E-state index contributed by atoms with van der Waals surface area (Å²) in [5, 5.41) is 0.744. The molecule has 4 aromatic rings. The van der Waals surface area contributed by atoms with Gasteiger partial charge in [-0.15, -0.1) is 0 Å². The van der Waals surface area contributed by atoms with E-state index in [2.05, 4.69) is 19.9 Å². The third-order valence-electron chi connectivity index (χ3n) is 5.46. The monoisotopic (exact) mass is 466 g/mol. The van der Waals surface area contributed by atoms with Crippen LogP contribution in [0.15, 0.2) is 61.1 Å². The van der Waals surface area contributed by atoms with E-state index >= 15 is 0 Å². The Morgan fingerprint density at radius 3 is 2.47 bits per heavy atom. The number of nitrogens with two attached hydrogens (primary N) is 1. The largest absolute Gasteiger partial charge is 0.417 e. The van der Waals surface area contributed by atoms with Gasteiger partial charge in [-0.25, -0.2) is 15.0 Å². The minimum Gasteiger partial charge on any atom is -0.383 e. The predicted octanol–water partition coefficient (Wildman–Crippen LogP) is 4.73. The smallest absolute Gasteiger partial charge is 0.383 e. The fraction of sp³-hybridized carbons (Fsp3) is 0.208. The Balaban J connectivity index is 1.70. The quantitative estimate of drug-likeness (QED) is 0.457. The SMILES string of the molecule is Cc1cc2cc(C(=O)N(Cc3ccc(C(F)(F)F)cn3)[C@H](C)c3ncccn3)ccc2nc1N. The average molecular weight is 466 g/mol. The van der Waals surface area contributed by atoms with Gasteiger partial charge in [0.2, 0.25) is 0 Å². The fourth-order valence-electron chi connectivity index (χ4n) is 3.51. The van der Waals surface area contributed by atoms with Crippen LogP contribution in [0.4, 0.5) is 19.0 Å². The molecule has 1 amide bonds. The lowest BCUT2D eigenvalue weighted by molar-refractivity contribution is -0.137. The lowest BCUT2D eigenvalue weighted by atomic mass is 10.1. The average Bonchev–Trinajstić information content (AvgIpc) is 2.82. The molecule has 174 valence electrons. The van der Waals surface area contributed by atoms with Crippen LogP contribution in [0.25, 0.3) is 10.9 Å². The summed E-state index contributed by atoms with van der Waals surface area (Å²) in [7, 11) is 0. The molecule has 10 heteroatoms. The first kappa shape index (κ1) is 23.1. The molecule has 1 atom stereocenters. The molecule has 3 heterocycles. The van der Waals surface area contributed by atoms with Gasteiger partial charge in [0.1, 0.15) is 11.6 Å². The van der Waals surface area contributed by atoms with Crippen LogP contribution in [0.3, 0.4) is 0 Å². The van der Waals surface area contributed by atoms with Gasteiger partial charge in [0.05, 0.1) is 29.4 Å². The zero-order chi connectivity index (χ0) is 24.5. The fourth-order valence-corrected chi connectivity index (χ4v) is 3.51. The Morgan fingerprint density at radius 1 is 1.09 bits per heavy atom. The zero-order valence-electron chi connectivity index (χ0n) is 18.4. The summed E-state index contributed by atoms with van der Waals surface area (Å²) in [6.45, 7) is 3.55. The van der Waals surface area contributed by atoms with Crippen molar-refractivity contribution < 1.29 is 18.0 Å². The molecule has 4 rings (SSSR count). The first-order valence-corrected chi connectivity index (χ1v) is 10.4. The van der Waals surface area contributed by atoms with E-state index in [-0.39, 0.29) is 12.5 Å². The molecule has 0 aliphatic rings. The van der Waals surface area contributed by atoms with E-state index in [1.54, 1.807) is 43.6 Å². The molecule has 1 aromatic carbocycles. The van der Waals surface area contributed by atoms with E-state index < -0.39 is 17.8 Å². The van der Waals surface area contributed by atoms with Crippen LogP contribution >= 0.6 is 0 Å². The number of nitrogen functional groups attached to an aromatic ring is 1. The van der Waals surface area contributed by atoms with E-state index in [0.717, 1.165) is 23.2 Å². The highest BCUT2D eigenvalue weighted by Crippen LogP contribution is 2.29. The van der Waals surface area contributed by atoms with Crippen LogP contribution in [0.2, 0.25) is 0 Å². The number of alkyl halides is 3. The second-order valence-electron chi connectivity index (χ2n) is 7.85. The molecule has 7 nitrogen and oxygen atoms in total. The van der Waals surface area contributed by atoms with Crippen molar-refractivity contribution in [3.63, 3.8) is 0 Å². The number of anilines is 1. The van der Waals surface area contributed by atoms with Gasteiger partial charge in [-0.2, -0.15) is 13.2 Å². The number of carbonyl (C=O) groups excluding carboxylic acids is 1. The van der Waals surface area contributed by atoms with E-state index in [1.807, 2.05) is 13.0 Å². The lowest BCUT2D eigenvalue weighted by Crippen LogP contribution is -2.34. The van der Waals surface area contributed by atoms with Crippen LogP contribution < -0.4 is 5.73 Å². The number of pyridine rings is 2. The highest BCUT2D eigenvalue weighted by Gasteiger charge is 2.31. The maximum atomic E-state index is 13.6. The Labute approximate surface area is 193 Å². The molecule has 0 radical (unpaired) electrons. The van der Waals surface area contributed by atoms with Gasteiger partial charge in [-0.1, -0.05) is 0 Å². The van der Waals surface area contributed by atoms with Gasteiger partial charge in [0, 0.05) is 29.5 Å². The first-order chi connectivity index (χ1) is 16.1. The molecule has 0 fully saturated rings. The number of aryl methyl sites for hydroxylation is 1. The highest BCUT2D eigenvalue weighted by atomic mass is 19.4. The van der Waals surface area contributed by atoms with Crippen LogP contribution in [-0.2, 0) is 12.7 Å². The van der Waals surface area contributed by atoms with Gasteiger partial charge < -0.3 is 10.6 Å². The molecule has 34 heavy (non-hydrogen) atoms. The van der Waals surface area contributed by atoms with Gasteiger partial charge in [0.15, 0.2) is 0 Å². The number of rotatable bonds is 5. The van der Waals surface area contributed by atoms with Crippen molar-refractivity contribution >= 4 is 22.6 Å². The number of aromatic nitrogens is 4. The molecular weight excluding hydrogens is 445 g/mol. The van der Waals surface area contributed by atoms with Gasteiger partial charge in [0.25, 0.3) is 5.91 Å². The van der Waals surface area contributed by atoms with Gasteiger partial charge in [-0.3, -0.25) is 9.78 Å². The maximum Gasteiger partial charge on any atom is 0.417 e. The highest BCUT2D eigenvalue weighted by molar-refractivity contribution is 5.98. The Kier molecular flexibility index (Phi) is 6.14. The molecule has 3 aromatic heterocycles. The zero-order valence-corrected chi connectivity index (χ0v) is 18.4. The van der Waals surface area contributed by atoms with Crippen molar-refractivity contribution in [2.24, 2.45) is 0 Å². The summed E-state index contributed by atoms with van der Waals surface area (Å²) in [5.74, 6) is 0.461. The first-order valence-electron chi connectivity index (χ1n) is 10.4. The molecule has 0 bridgehead atoms. The van der Waals surface area contributed by atoms with Crippen LogP contribution in [-0.4, -0.2) is 30.7 Å². The number of amides is 1. The van der Waals surface area contributed by atoms with Crippen molar-refractivity contribution in [3.8, 4) is 0 Å². The number of nitrogens with zero attached hydrogens (tertiary/aromatic N) is 5. The van der Waals surface area contributed by atoms with E-state index in [1.165, 1.54) is 11.0 Å². The second kappa shape index (κ2) is 9.05. The van der Waals surface area contributed by atoms with Crippen molar-refractivity contribution in [2.75, 3.05) is 5.73 Å². The van der Waals surface area contributed by atoms with Crippen molar-refractivity contribution in [1.82, 2.24) is 24.8 Å². The summed E-state index contributed by atoms with van der Waals surface area (Å²) in [6, 6.07) is 10.2. The van der Waals surface area contributed by atoms with Crippen LogP contribution in [0.5, 0.6) is 0 Å². The van der Waals surface area contributed by atoms with Gasteiger partial charge >= 0.3 is 6.18 Å². The number of halogens is 3. The Bertz CT molecular complexity index is 1330. The van der Waals surface area contributed by atoms with Gasteiger partial charge in [-0.05, 0) is 61.9 Å². The van der Waals surface area contributed by atoms with Crippen molar-refractivity contribution in [2.45, 2.75) is 32.6 Å². The van der Waals surface area contributed by atoms with E-state index in [4.69, 9.17) is 5.73 Å². The van der Waals surface area contributed by atoms with E-state index in [0.29, 0.717) is 28.4 Å². The summed E-state index contributed by atoms with van der Waals surface area (Å²) < 4.78 is 38.8. The molecule has 2 N–H and O–H groups in total. The van der Waals surface area contributed by atoms with E-state index in [9.17, 15) is 18.0 Å². The number of hydrogen-bond donors (Lipinski definition) is 1. The summed E-state index contributed by atoms with van der Waals surface area (Å²) in [5.41, 5.74) is 7.14. The third-order valence-corrected chi connectivity index (χ3v) is 5.46.